The molecular formula is C16H26ClNO. The number of fused-ring (bicyclic) bond motifs is 2. The number of alkyl halides is 1. The maximum absolute atomic E-state index is 12.3. The van der Waals surface area contributed by atoms with Crippen molar-refractivity contribution in [3.8, 4) is 0 Å². The van der Waals surface area contributed by atoms with Crippen LogP contribution in [0.25, 0.3) is 0 Å². The third kappa shape index (κ3) is 2.94. The zero-order valence-electron chi connectivity index (χ0n) is 11.8. The third-order valence-corrected chi connectivity index (χ3v) is 6.31. The van der Waals surface area contributed by atoms with Crippen LogP contribution in [0.15, 0.2) is 0 Å². The predicted octanol–water partition coefficient (Wildman–Crippen LogP) is 3.87. The van der Waals surface area contributed by atoms with Crippen LogP contribution in [0.5, 0.6) is 0 Å². The van der Waals surface area contributed by atoms with Crippen LogP contribution in [0.1, 0.15) is 64.2 Å². The van der Waals surface area contributed by atoms with Crippen LogP contribution in [-0.4, -0.2) is 17.3 Å². The van der Waals surface area contributed by atoms with E-state index < -0.39 is 0 Å². The Balaban J connectivity index is 1.52. The third-order valence-electron chi connectivity index (χ3n) is 5.80. The predicted molar refractivity (Wildman–Crippen MR) is 78.2 cm³/mol. The second kappa shape index (κ2) is 5.63. The molecular weight excluding hydrogens is 258 g/mol. The first-order valence-electron chi connectivity index (χ1n) is 8.08. The summed E-state index contributed by atoms with van der Waals surface area (Å²) in [6.45, 7) is 0. The van der Waals surface area contributed by atoms with Gasteiger partial charge in [0.2, 0.25) is 5.91 Å². The highest BCUT2D eigenvalue weighted by Gasteiger charge is 2.41. The van der Waals surface area contributed by atoms with Crippen molar-refractivity contribution in [2.45, 2.75) is 69.7 Å². The van der Waals surface area contributed by atoms with Crippen LogP contribution in [0.4, 0.5) is 0 Å². The number of hydrogen-bond donors (Lipinski definition) is 1. The Bertz CT molecular complexity index is 338. The highest BCUT2D eigenvalue weighted by atomic mass is 35.5. The Kier molecular flexibility index (Phi) is 4.07. The molecule has 3 aliphatic rings. The van der Waals surface area contributed by atoms with Crippen molar-refractivity contribution in [1.82, 2.24) is 5.32 Å². The monoisotopic (exact) mass is 283 g/mol. The molecule has 0 aliphatic heterocycles. The molecule has 3 heteroatoms. The van der Waals surface area contributed by atoms with Gasteiger partial charge in [-0.1, -0.05) is 25.7 Å². The summed E-state index contributed by atoms with van der Waals surface area (Å²) in [5, 5.41) is 3.30. The molecule has 1 amide bonds. The average molecular weight is 284 g/mol. The molecule has 3 fully saturated rings. The Labute approximate surface area is 121 Å². The number of nitrogens with one attached hydrogen (secondary N) is 1. The molecule has 1 N–H and O–H groups in total. The van der Waals surface area contributed by atoms with Crippen molar-refractivity contribution in [2.24, 2.45) is 17.8 Å². The molecule has 3 aliphatic carbocycles. The molecule has 3 rings (SSSR count). The van der Waals surface area contributed by atoms with E-state index in [0.717, 1.165) is 31.1 Å². The summed E-state index contributed by atoms with van der Waals surface area (Å²) >= 11 is 6.15. The van der Waals surface area contributed by atoms with Gasteiger partial charge in [-0.25, -0.2) is 0 Å². The number of halogens is 1. The van der Waals surface area contributed by atoms with Gasteiger partial charge in [-0.15, -0.1) is 11.6 Å². The van der Waals surface area contributed by atoms with Crippen LogP contribution >= 0.6 is 11.6 Å². The van der Waals surface area contributed by atoms with Crippen LogP contribution in [0.3, 0.4) is 0 Å². The van der Waals surface area contributed by atoms with Gasteiger partial charge < -0.3 is 5.32 Å². The molecule has 3 unspecified atom stereocenters. The highest BCUT2D eigenvalue weighted by molar-refractivity contribution is 6.18. The standard InChI is InChI=1S/C16H26ClNO/c17-11-16(6-2-1-3-7-16)18-15(19)10-14-9-12-4-5-13(14)8-12/h12-14H,1-11H2,(H,18,19). The normalized spacial score (nSPS) is 36.4. The molecule has 108 valence electrons. The summed E-state index contributed by atoms with van der Waals surface area (Å²) in [5.41, 5.74) is -0.0888. The molecule has 0 heterocycles. The summed E-state index contributed by atoms with van der Waals surface area (Å²) < 4.78 is 0. The van der Waals surface area contributed by atoms with Gasteiger partial charge >= 0.3 is 0 Å². The van der Waals surface area contributed by atoms with Gasteiger partial charge in [-0.3, -0.25) is 4.79 Å². The SMILES string of the molecule is O=C(CC1CC2CCC1C2)NC1(CCl)CCCCC1. The van der Waals surface area contributed by atoms with Crippen molar-refractivity contribution in [2.75, 3.05) is 5.88 Å². The first-order valence-corrected chi connectivity index (χ1v) is 8.61. The van der Waals surface area contributed by atoms with Crippen molar-refractivity contribution >= 4 is 17.5 Å². The zero-order valence-corrected chi connectivity index (χ0v) is 12.6. The zero-order chi connectivity index (χ0) is 13.3. The molecule has 19 heavy (non-hydrogen) atoms. The van der Waals surface area contributed by atoms with Gasteiger partial charge in [0.1, 0.15) is 0 Å². The molecule has 0 saturated heterocycles. The quantitative estimate of drug-likeness (QED) is 0.780. The fourth-order valence-electron chi connectivity index (χ4n) is 4.73. The number of rotatable bonds is 4. The molecule has 0 aromatic rings. The minimum absolute atomic E-state index is 0.0888. The first-order chi connectivity index (χ1) is 9.21. The van der Waals surface area contributed by atoms with Gasteiger partial charge in [-0.2, -0.15) is 0 Å². The lowest BCUT2D eigenvalue weighted by atomic mass is 9.82. The van der Waals surface area contributed by atoms with E-state index in [4.69, 9.17) is 11.6 Å². The maximum Gasteiger partial charge on any atom is 0.220 e. The van der Waals surface area contributed by atoms with Crippen molar-refractivity contribution in [3.63, 3.8) is 0 Å². The summed E-state index contributed by atoms with van der Waals surface area (Å²) in [6.07, 6.45) is 12.1. The highest BCUT2D eigenvalue weighted by Crippen LogP contribution is 2.49. The summed E-state index contributed by atoms with van der Waals surface area (Å²) in [5.74, 6) is 3.28. The minimum Gasteiger partial charge on any atom is -0.349 e. The van der Waals surface area contributed by atoms with Crippen LogP contribution in [-0.2, 0) is 4.79 Å². The van der Waals surface area contributed by atoms with E-state index in [9.17, 15) is 4.79 Å². The lowest BCUT2D eigenvalue weighted by Gasteiger charge is -2.37. The van der Waals surface area contributed by atoms with Gasteiger partial charge in [0, 0.05) is 12.3 Å². The number of amides is 1. The second-order valence-corrected chi connectivity index (χ2v) is 7.43. The van der Waals surface area contributed by atoms with E-state index in [1.807, 2.05) is 0 Å². The largest absolute Gasteiger partial charge is 0.349 e. The molecule has 2 bridgehead atoms. The van der Waals surface area contributed by atoms with E-state index in [0.29, 0.717) is 11.8 Å². The Hall–Kier alpha value is -0.240. The fourth-order valence-corrected chi connectivity index (χ4v) is 5.07. The number of hydrogen-bond acceptors (Lipinski definition) is 1. The van der Waals surface area contributed by atoms with E-state index in [2.05, 4.69) is 5.32 Å². The van der Waals surface area contributed by atoms with Crippen LogP contribution in [0.2, 0.25) is 0 Å². The van der Waals surface area contributed by atoms with E-state index in [1.165, 1.54) is 44.9 Å². The van der Waals surface area contributed by atoms with Gasteiger partial charge in [0.05, 0.1) is 5.54 Å². The van der Waals surface area contributed by atoms with E-state index in [1.54, 1.807) is 0 Å². The Morgan fingerprint density at radius 3 is 2.53 bits per heavy atom. The molecule has 0 aromatic carbocycles. The smallest absolute Gasteiger partial charge is 0.220 e. The van der Waals surface area contributed by atoms with Crippen molar-refractivity contribution in [3.05, 3.63) is 0 Å². The minimum atomic E-state index is -0.0888. The lowest BCUT2D eigenvalue weighted by molar-refractivity contribution is -0.124. The lowest BCUT2D eigenvalue weighted by Crippen LogP contribution is -2.51. The van der Waals surface area contributed by atoms with Crippen LogP contribution < -0.4 is 5.32 Å². The summed E-state index contributed by atoms with van der Waals surface area (Å²) in [6, 6.07) is 0. The molecule has 0 radical (unpaired) electrons. The number of carbonyl (C=O) groups is 1. The van der Waals surface area contributed by atoms with Gasteiger partial charge in [-0.05, 0) is 49.9 Å². The molecule has 2 nitrogen and oxygen atoms in total. The van der Waals surface area contributed by atoms with E-state index >= 15 is 0 Å². The van der Waals surface area contributed by atoms with Crippen LogP contribution in [0, 0.1) is 17.8 Å². The van der Waals surface area contributed by atoms with Crippen molar-refractivity contribution < 1.29 is 4.79 Å². The Morgan fingerprint density at radius 1 is 1.16 bits per heavy atom. The topological polar surface area (TPSA) is 29.1 Å². The molecule has 3 atom stereocenters. The molecule has 0 spiro atoms. The second-order valence-electron chi connectivity index (χ2n) is 7.16. The number of carbonyl (C=O) groups excluding carboxylic acids is 1. The molecule has 3 saturated carbocycles. The van der Waals surface area contributed by atoms with Crippen molar-refractivity contribution in [1.29, 1.82) is 0 Å². The fraction of sp³-hybridized carbons (Fsp3) is 0.938. The first kappa shape index (κ1) is 13.7. The average Bonchev–Trinajstić information content (AvgIpc) is 3.02. The summed E-state index contributed by atoms with van der Waals surface area (Å²) in [4.78, 5) is 12.3. The van der Waals surface area contributed by atoms with Gasteiger partial charge in [0.25, 0.3) is 0 Å². The summed E-state index contributed by atoms with van der Waals surface area (Å²) in [7, 11) is 0. The Morgan fingerprint density at radius 2 is 1.95 bits per heavy atom. The van der Waals surface area contributed by atoms with E-state index in [-0.39, 0.29) is 11.4 Å². The molecule has 0 aromatic heterocycles. The maximum atomic E-state index is 12.3. The van der Waals surface area contributed by atoms with Gasteiger partial charge in [0.15, 0.2) is 0 Å².